The van der Waals surface area contributed by atoms with Crippen molar-refractivity contribution >= 4 is 80.3 Å². The minimum Gasteiger partial charge on any atom is -0.365 e. The molecule has 2 amide bonds. The van der Waals surface area contributed by atoms with Gasteiger partial charge < -0.3 is 21.7 Å². The first-order valence-corrected chi connectivity index (χ1v) is 11.2. The Kier molecular flexibility index (Phi) is 8.22. The van der Waals surface area contributed by atoms with Crippen molar-refractivity contribution < 1.29 is 9.59 Å². The van der Waals surface area contributed by atoms with Crippen LogP contribution in [-0.2, 0) is 17.6 Å². The van der Waals surface area contributed by atoms with E-state index in [1.807, 2.05) is 13.8 Å². The summed E-state index contributed by atoms with van der Waals surface area (Å²) >= 11 is 24.7. The topological polar surface area (TPSA) is 96.2 Å². The van der Waals surface area contributed by atoms with E-state index in [0.29, 0.717) is 10.6 Å². The number of thiophene rings is 1. The van der Waals surface area contributed by atoms with E-state index in [0.717, 1.165) is 36.1 Å². The number of nitrogens with two attached hydrogens (primary N) is 1. The van der Waals surface area contributed by atoms with Crippen molar-refractivity contribution in [2.75, 3.05) is 5.32 Å². The van der Waals surface area contributed by atoms with E-state index in [9.17, 15) is 9.59 Å². The first kappa shape index (κ1) is 23.5. The van der Waals surface area contributed by atoms with Crippen LogP contribution < -0.4 is 21.7 Å². The quantitative estimate of drug-likeness (QED) is 0.279. The molecule has 5 N–H and O–H groups in total. The predicted octanol–water partition coefficient (Wildman–Crippen LogP) is 3.87. The Balaban J connectivity index is 2.13. The van der Waals surface area contributed by atoms with Gasteiger partial charge in [-0.2, -0.15) is 0 Å². The summed E-state index contributed by atoms with van der Waals surface area (Å²) in [6.07, 6.45) is 3.05. The minimum absolute atomic E-state index is 0.113. The molecular formula is C17H23Cl3N4O2S2. The number of carbonyl (C=O) groups excluding carboxylic acids is 2. The molecule has 156 valence electrons. The summed E-state index contributed by atoms with van der Waals surface area (Å²) in [4.78, 5) is 25.2. The van der Waals surface area contributed by atoms with Crippen molar-refractivity contribution in [1.29, 1.82) is 0 Å². The highest BCUT2D eigenvalue weighted by atomic mass is 35.6. The minimum atomic E-state index is -1.83. The number of hydrogen-bond acceptors (Lipinski definition) is 4. The Morgan fingerprint density at radius 3 is 2.43 bits per heavy atom. The summed E-state index contributed by atoms with van der Waals surface area (Å²) in [7, 11) is 0. The normalized spacial score (nSPS) is 14.9. The van der Waals surface area contributed by atoms with Crippen LogP contribution in [0, 0.1) is 5.92 Å². The molecule has 6 nitrogen and oxygen atoms in total. The fourth-order valence-corrected chi connectivity index (χ4v) is 4.89. The van der Waals surface area contributed by atoms with Crippen molar-refractivity contribution in [2.24, 2.45) is 11.7 Å². The molecule has 0 radical (unpaired) electrons. The lowest BCUT2D eigenvalue weighted by molar-refractivity contribution is -0.122. The number of aryl methyl sites for hydroxylation is 1. The summed E-state index contributed by atoms with van der Waals surface area (Å²) in [5, 5.41) is 9.09. The second-order valence-electron chi connectivity index (χ2n) is 7.02. The molecule has 0 fully saturated rings. The van der Waals surface area contributed by atoms with Crippen LogP contribution in [0.2, 0.25) is 0 Å². The van der Waals surface area contributed by atoms with Crippen LogP contribution in [0.25, 0.3) is 0 Å². The largest absolute Gasteiger partial charge is 0.365 e. The van der Waals surface area contributed by atoms with Crippen LogP contribution in [0.5, 0.6) is 0 Å². The monoisotopic (exact) mass is 484 g/mol. The molecule has 1 atom stereocenters. The second-order valence-corrected chi connectivity index (χ2v) is 10.9. The Bertz CT molecular complexity index is 762. The van der Waals surface area contributed by atoms with Crippen LogP contribution >= 0.6 is 58.4 Å². The molecule has 28 heavy (non-hydrogen) atoms. The molecule has 0 saturated carbocycles. The van der Waals surface area contributed by atoms with E-state index in [-0.39, 0.29) is 23.4 Å². The zero-order chi connectivity index (χ0) is 21.1. The summed E-state index contributed by atoms with van der Waals surface area (Å²) in [5.74, 6) is -0.629. The fraction of sp³-hybridized carbons (Fsp3) is 0.588. The van der Waals surface area contributed by atoms with Gasteiger partial charge in [-0.05, 0) is 49.4 Å². The maximum Gasteiger partial charge on any atom is 0.251 e. The van der Waals surface area contributed by atoms with Crippen molar-refractivity contribution in [1.82, 2.24) is 10.6 Å². The molecule has 0 unspecified atom stereocenters. The van der Waals surface area contributed by atoms with Gasteiger partial charge in [0.1, 0.15) is 11.2 Å². The highest BCUT2D eigenvalue weighted by molar-refractivity contribution is 7.80. The molecule has 1 aromatic heterocycles. The predicted molar refractivity (Wildman–Crippen MR) is 121 cm³/mol. The standard InChI is InChI=1S/C17H23Cl3N4O2S2/c1-8(2)7-11(25)22-15(17(18,19)20)24-16(27)23-14-12(13(21)26)9-5-3-4-6-10(9)28-14/h8,15H,3-7H2,1-2H3,(H2,21,26)(H,22,25)(H2,23,24,27)/t15-/m1/s1. The molecule has 0 aromatic carbocycles. The number of carbonyl (C=O) groups is 2. The average Bonchev–Trinajstić information content (AvgIpc) is 2.90. The number of rotatable bonds is 6. The van der Waals surface area contributed by atoms with E-state index in [1.165, 1.54) is 11.3 Å². The molecule has 1 aliphatic carbocycles. The van der Waals surface area contributed by atoms with Crippen molar-refractivity contribution in [3.05, 3.63) is 16.0 Å². The number of halogens is 3. The van der Waals surface area contributed by atoms with Crippen molar-refractivity contribution in [3.63, 3.8) is 0 Å². The highest BCUT2D eigenvalue weighted by Gasteiger charge is 2.35. The smallest absolute Gasteiger partial charge is 0.251 e. The lowest BCUT2D eigenvalue weighted by Gasteiger charge is -2.28. The third kappa shape index (κ3) is 6.35. The van der Waals surface area contributed by atoms with Crippen LogP contribution in [-0.4, -0.2) is 26.9 Å². The fourth-order valence-electron chi connectivity index (χ4n) is 2.98. The Morgan fingerprint density at radius 2 is 1.86 bits per heavy atom. The van der Waals surface area contributed by atoms with Crippen molar-refractivity contribution in [2.45, 2.75) is 55.9 Å². The average molecular weight is 486 g/mol. The van der Waals surface area contributed by atoms with Gasteiger partial charge in [0.05, 0.1) is 5.56 Å². The zero-order valence-corrected chi connectivity index (χ0v) is 19.4. The van der Waals surface area contributed by atoms with Crippen LogP contribution in [0.1, 0.15) is 53.9 Å². The van der Waals surface area contributed by atoms with Gasteiger partial charge in [-0.15, -0.1) is 11.3 Å². The third-order valence-electron chi connectivity index (χ3n) is 4.15. The number of nitrogens with one attached hydrogen (secondary N) is 3. The SMILES string of the molecule is CC(C)CC(=O)N[C@H](NC(=S)Nc1sc2c(c1C(N)=O)CCCC2)C(Cl)(Cl)Cl. The van der Waals surface area contributed by atoms with Gasteiger partial charge >= 0.3 is 0 Å². The second kappa shape index (κ2) is 9.80. The molecule has 1 aromatic rings. The lowest BCUT2D eigenvalue weighted by atomic mass is 9.95. The number of hydrogen-bond donors (Lipinski definition) is 4. The van der Waals surface area contributed by atoms with E-state index >= 15 is 0 Å². The molecule has 0 spiro atoms. The van der Waals surface area contributed by atoms with Gasteiger partial charge in [0.15, 0.2) is 5.11 Å². The van der Waals surface area contributed by atoms with E-state index in [4.69, 9.17) is 52.8 Å². The van der Waals surface area contributed by atoms with Gasteiger partial charge in [0.25, 0.3) is 5.91 Å². The van der Waals surface area contributed by atoms with Gasteiger partial charge in [-0.3, -0.25) is 9.59 Å². The Labute approximate surface area is 188 Å². The summed E-state index contributed by atoms with van der Waals surface area (Å²) in [6.45, 7) is 3.82. The van der Waals surface area contributed by atoms with Gasteiger partial charge in [-0.1, -0.05) is 48.7 Å². The summed E-state index contributed by atoms with van der Waals surface area (Å²) in [6, 6.07) is 0. The maximum absolute atomic E-state index is 12.1. The number of alkyl halides is 3. The highest BCUT2D eigenvalue weighted by Crippen LogP contribution is 2.38. The number of thiocarbonyl (C=S) groups is 1. The molecular weight excluding hydrogens is 463 g/mol. The van der Waals surface area contributed by atoms with E-state index < -0.39 is 15.9 Å². The first-order chi connectivity index (χ1) is 13.0. The molecule has 0 saturated heterocycles. The number of primary amides is 1. The summed E-state index contributed by atoms with van der Waals surface area (Å²) < 4.78 is -1.83. The van der Waals surface area contributed by atoms with Crippen LogP contribution in [0.15, 0.2) is 0 Å². The molecule has 2 rings (SSSR count). The first-order valence-electron chi connectivity index (χ1n) is 8.87. The summed E-state index contributed by atoms with van der Waals surface area (Å²) in [5.41, 5.74) is 7.03. The van der Waals surface area contributed by atoms with Gasteiger partial charge in [0, 0.05) is 11.3 Å². The van der Waals surface area contributed by atoms with Gasteiger partial charge in [0.2, 0.25) is 9.70 Å². The van der Waals surface area contributed by atoms with Crippen LogP contribution in [0.3, 0.4) is 0 Å². The number of anilines is 1. The Morgan fingerprint density at radius 1 is 1.21 bits per heavy atom. The van der Waals surface area contributed by atoms with Crippen molar-refractivity contribution in [3.8, 4) is 0 Å². The van der Waals surface area contributed by atoms with Crippen LogP contribution in [0.4, 0.5) is 5.00 Å². The van der Waals surface area contributed by atoms with Gasteiger partial charge in [-0.25, -0.2) is 0 Å². The maximum atomic E-state index is 12.1. The molecule has 11 heteroatoms. The molecule has 0 aliphatic heterocycles. The number of fused-ring (bicyclic) bond motifs is 1. The molecule has 1 heterocycles. The lowest BCUT2D eigenvalue weighted by Crippen LogP contribution is -2.56. The Hall–Kier alpha value is -0.800. The molecule has 1 aliphatic rings. The number of amides is 2. The third-order valence-corrected chi connectivity index (χ3v) is 6.23. The van der Waals surface area contributed by atoms with E-state index in [1.54, 1.807) is 0 Å². The molecule has 0 bridgehead atoms. The van der Waals surface area contributed by atoms with E-state index in [2.05, 4.69) is 16.0 Å². The zero-order valence-electron chi connectivity index (χ0n) is 15.5.